The Hall–Kier alpha value is -1.27. The van der Waals surface area contributed by atoms with E-state index in [1.165, 1.54) is 0 Å². The summed E-state index contributed by atoms with van der Waals surface area (Å²) in [7, 11) is 0. The molecule has 0 heterocycles. The first-order valence-electron chi connectivity index (χ1n) is 5.64. The normalized spacial score (nSPS) is 10.2. The first-order chi connectivity index (χ1) is 9.04. The second kappa shape index (κ2) is 6.25. The largest absolute Gasteiger partial charge is 0.399 e. The second-order valence-electron chi connectivity index (χ2n) is 4.09. The van der Waals surface area contributed by atoms with Crippen LogP contribution in [-0.2, 0) is 11.2 Å². The fourth-order valence-corrected chi connectivity index (χ4v) is 2.58. The van der Waals surface area contributed by atoms with Gasteiger partial charge in [-0.15, -0.1) is 0 Å². The van der Waals surface area contributed by atoms with Gasteiger partial charge in [-0.1, -0.05) is 23.7 Å². The quantitative estimate of drug-likeness (QED) is 0.624. The average Bonchev–Trinajstić information content (AvgIpc) is 2.33. The molecule has 0 bridgehead atoms. The SMILES string of the molecule is Nc1cccc(CC(=O)Nc2ccc(I)cc2Cl)c1. The topological polar surface area (TPSA) is 55.1 Å². The summed E-state index contributed by atoms with van der Waals surface area (Å²) in [6, 6.07) is 12.8. The van der Waals surface area contributed by atoms with E-state index in [1.54, 1.807) is 24.3 Å². The molecular formula is C14H12ClIN2O. The number of amides is 1. The van der Waals surface area contributed by atoms with Gasteiger partial charge in [0.25, 0.3) is 0 Å². The zero-order valence-corrected chi connectivity index (χ0v) is 12.9. The fourth-order valence-electron chi connectivity index (χ4n) is 1.67. The highest BCUT2D eigenvalue weighted by molar-refractivity contribution is 14.1. The minimum atomic E-state index is -0.117. The highest BCUT2D eigenvalue weighted by atomic mass is 127. The number of halogens is 2. The third kappa shape index (κ3) is 4.11. The van der Waals surface area contributed by atoms with E-state index in [1.807, 2.05) is 18.2 Å². The van der Waals surface area contributed by atoms with Crippen molar-refractivity contribution in [3.05, 3.63) is 56.6 Å². The predicted molar refractivity (Wildman–Crippen MR) is 87.4 cm³/mol. The van der Waals surface area contributed by atoms with Crippen molar-refractivity contribution in [2.45, 2.75) is 6.42 Å². The van der Waals surface area contributed by atoms with E-state index in [9.17, 15) is 4.79 Å². The molecule has 2 rings (SSSR count). The van der Waals surface area contributed by atoms with E-state index in [2.05, 4.69) is 27.9 Å². The van der Waals surface area contributed by atoms with Crippen LogP contribution in [0.2, 0.25) is 5.02 Å². The highest BCUT2D eigenvalue weighted by Crippen LogP contribution is 2.24. The van der Waals surface area contributed by atoms with Crippen molar-refractivity contribution < 1.29 is 4.79 Å². The number of rotatable bonds is 3. The van der Waals surface area contributed by atoms with Crippen LogP contribution in [0, 0.1) is 3.57 Å². The highest BCUT2D eigenvalue weighted by Gasteiger charge is 2.07. The molecule has 0 saturated carbocycles. The summed E-state index contributed by atoms with van der Waals surface area (Å²) in [5, 5.41) is 3.33. The molecule has 98 valence electrons. The van der Waals surface area contributed by atoms with Gasteiger partial charge in [0.1, 0.15) is 0 Å². The van der Waals surface area contributed by atoms with E-state index in [0.29, 0.717) is 16.4 Å². The molecular weight excluding hydrogens is 375 g/mol. The average molecular weight is 387 g/mol. The lowest BCUT2D eigenvalue weighted by Crippen LogP contribution is -2.14. The van der Waals surface area contributed by atoms with Crippen LogP contribution in [0.15, 0.2) is 42.5 Å². The van der Waals surface area contributed by atoms with Crippen LogP contribution in [0.25, 0.3) is 0 Å². The summed E-state index contributed by atoms with van der Waals surface area (Å²) in [6.07, 6.45) is 0.271. The molecule has 5 heteroatoms. The van der Waals surface area contributed by atoms with Crippen molar-refractivity contribution in [2.24, 2.45) is 0 Å². The molecule has 3 N–H and O–H groups in total. The van der Waals surface area contributed by atoms with Gasteiger partial charge in [0.15, 0.2) is 0 Å². The van der Waals surface area contributed by atoms with Gasteiger partial charge in [0, 0.05) is 9.26 Å². The lowest BCUT2D eigenvalue weighted by atomic mass is 10.1. The third-order valence-electron chi connectivity index (χ3n) is 2.52. The van der Waals surface area contributed by atoms with Crippen LogP contribution in [0.5, 0.6) is 0 Å². The number of hydrogen-bond acceptors (Lipinski definition) is 2. The summed E-state index contributed by atoms with van der Waals surface area (Å²) in [5.41, 5.74) is 7.82. The Morgan fingerprint density at radius 1 is 1.26 bits per heavy atom. The third-order valence-corrected chi connectivity index (χ3v) is 3.50. The van der Waals surface area contributed by atoms with Gasteiger partial charge in [-0.2, -0.15) is 0 Å². The Morgan fingerprint density at radius 3 is 2.74 bits per heavy atom. The molecule has 1 amide bonds. The molecule has 2 aromatic rings. The lowest BCUT2D eigenvalue weighted by Gasteiger charge is -2.08. The van der Waals surface area contributed by atoms with Crippen molar-refractivity contribution in [1.82, 2.24) is 0 Å². The van der Waals surface area contributed by atoms with Crippen LogP contribution in [0.3, 0.4) is 0 Å². The van der Waals surface area contributed by atoms with Crippen molar-refractivity contribution in [3.8, 4) is 0 Å². The molecule has 2 aromatic carbocycles. The molecule has 0 unspecified atom stereocenters. The Kier molecular flexibility index (Phi) is 4.66. The van der Waals surface area contributed by atoms with Gasteiger partial charge in [-0.05, 0) is 58.5 Å². The van der Waals surface area contributed by atoms with Crippen LogP contribution in [0.1, 0.15) is 5.56 Å². The molecule has 0 fully saturated rings. The molecule has 3 nitrogen and oxygen atoms in total. The van der Waals surface area contributed by atoms with Crippen molar-refractivity contribution >= 4 is 51.5 Å². The van der Waals surface area contributed by atoms with Crippen LogP contribution in [0.4, 0.5) is 11.4 Å². The zero-order valence-electron chi connectivity index (χ0n) is 9.99. The fraction of sp³-hybridized carbons (Fsp3) is 0.0714. The minimum Gasteiger partial charge on any atom is -0.399 e. The molecule has 0 atom stereocenters. The van der Waals surface area contributed by atoms with E-state index < -0.39 is 0 Å². The van der Waals surface area contributed by atoms with Gasteiger partial charge in [0.05, 0.1) is 17.1 Å². The number of carbonyl (C=O) groups is 1. The van der Waals surface area contributed by atoms with Crippen molar-refractivity contribution in [2.75, 3.05) is 11.1 Å². The molecule has 19 heavy (non-hydrogen) atoms. The summed E-state index contributed by atoms with van der Waals surface area (Å²) in [4.78, 5) is 11.9. The van der Waals surface area contributed by atoms with Gasteiger partial charge >= 0.3 is 0 Å². The second-order valence-corrected chi connectivity index (χ2v) is 5.75. The van der Waals surface area contributed by atoms with Crippen LogP contribution >= 0.6 is 34.2 Å². The minimum absolute atomic E-state index is 0.117. The monoisotopic (exact) mass is 386 g/mol. The smallest absolute Gasteiger partial charge is 0.228 e. The molecule has 0 radical (unpaired) electrons. The maximum Gasteiger partial charge on any atom is 0.228 e. The number of nitrogens with one attached hydrogen (secondary N) is 1. The maximum absolute atomic E-state index is 11.9. The lowest BCUT2D eigenvalue weighted by molar-refractivity contribution is -0.115. The molecule has 0 saturated heterocycles. The van der Waals surface area contributed by atoms with Crippen molar-refractivity contribution in [1.29, 1.82) is 0 Å². The maximum atomic E-state index is 11.9. The standard InChI is InChI=1S/C14H12ClIN2O/c15-12-8-10(16)4-5-13(12)18-14(19)7-9-2-1-3-11(17)6-9/h1-6,8H,7,17H2,(H,18,19). The molecule has 0 aromatic heterocycles. The predicted octanol–water partition coefficient (Wildman–Crippen LogP) is 3.71. The van der Waals surface area contributed by atoms with E-state index in [0.717, 1.165) is 9.13 Å². The van der Waals surface area contributed by atoms with Gasteiger partial charge in [-0.3, -0.25) is 4.79 Å². The number of nitrogens with two attached hydrogens (primary N) is 1. The number of carbonyl (C=O) groups excluding carboxylic acids is 1. The Bertz CT molecular complexity index is 616. The van der Waals surface area contributed by atoms with E-state index in [-0.39, 0.29) is 12.3 Å². The number of anilines is 2. The molecule has 0 aliphatic rings. The van der Waals surface area contributed by atoms with E-state index in [4.69, 9.17) is 17.3 Å². The van der Waals surface area contributed by atoms with Gasteiger partial charge in [0.2, 0.25) is 5.91 Å². The van der Waals surface area contributed by atoms with Gasteiger partial charge in [-0.25, -0.2) is 0 Å². The van der Waals surface area contributed by atoms with Crippen molar-refractivity contribution in [3.63, 3.8) is 0 Å². The summed E-state index contributed by atoms with van der Waals surface area (Å²) < 4.78 is 1.02. The Morgan fingerprint density at radius 2 is 2.05 bits per heavy atom. The summed E-state index contributed by atoms with van der Waals surface area (Å²) in [5.74, 6) is -0.117. The first kappa shape index (κ1) is 14.1. The summed E-state index contributed by atoms with van der Waals surface area (Å²) >= 11 is 8.23. The number of benzene rings is 2. The van der Waals surface area contributed by atoms with Crippen LogP contribution < -0.4 is 11.1 Å². The Balaban J connectivity index is 2.05. The number of hydrogen-bond donors (Lipinski definition) is 2. The zero-order chi connectivity index (χ0) is 13.8. The first-order valence-corrected chi connectivity index (χ1v) is 7.09. The molecule has 0 aliphatic heterocycles. The number of nitrogen functional groups attached to an aromatic ring is 1. The Labute approximate surface area is 130 Å². The van der Waals surface area contributed by atoms with Gasteiger partial charge < -0.3 is 11.1 Å². The molecule has 0 aliphatic carbocycles. The van der Waals surface area contributed by atoms with Crippen LogP contribution in [-0.4, -0.2) is 5.91 Å². The summed E-state index contributed by atoms with van der Waals surface area (Å²) in [6.45, 7) is 0. The van der Waals surface area contributed by atoms with E-state index >= 15 is 0 Å². The molecule has 0 spiro atoms.